The molecule has 1 fully saturated rings. The molecule has 1 saturated heterocycles. The van der Waals surface area contributed by atoms with Crippen molar-refractivity contribution in [2.45, 2.75) is 6.18 Å². The van der Waals surface area contributed by atoms with Gasteiger partial charge in [-0.3, -0.25) is 9.69 Å². The predicted octanol–water partition coefficient (Wildman–Crippen LogP) is 3.43. The lowest BCUT2D eigenvalue weighted by molar-refractivity contribution is -0.208. The van der Waals surface area contributed by atoms with Gasteiger partial charge < -0.3 is 5.32 Å². The van der Waals surface area contributed by atoms with Crippen molar-refractivity contribution in [3.05, 3.63) is 28.2 Å². The van der Waals surface area contributed by atoms with Gasteiger partial charge in [0.2, 0.25) is 5.91 Å². The third-order valence-electron chi connectivity index (χ3n) is 2.93. The van der Waals surface area contributed by atoms with Crippen LogP contribution in [0.3, 0.4) is 0 Å². The molecular weight excluding hydrogens is 316 g/mol. The van der Waals surface area contributed by atoms with Crippen LogP contribution in [0.15, 0.2) is 18.2 Å². The minimum absolute atomic E-state index is 0.0866. The first kappa shape index (κ1) is 15.4. The molecule has 1 amide bonds. The molecule has 0 spiro atoms. The number of anilines is 1. The molecule has 0 saturated carbocycles. The number of carbonyl (C=O) groups excluding carboxylic acids is 1. The van der Waals surface area contributed by atoms with E-state index in [-0.39, 0.29) is 19.6 Å². The van der Waals surface area contributed by atoms with E-state index in [1.54, 1.807) is 0 Å². The number of hydrogen-bond acceptors (Lipinski definition) is 2. The highest BCUT2D eigenvalue weighted by Gasteiger charge is 2.47. The van der Waals surface area contributed by atoms with Gasteiger partial charge in [-0.05, 0) is 18.2 Å². The lowest BCUT2D eigenvalue weighted by atomic mass is 10.00. The van der Waals surface area contributed by atoms with Crippen molar-refractivity contribution in [1.29, 1.82) is 0 Å². The number of likely N-dealkylation sites (tertiary alicyclic amines) is 1. The highest BCUT2D eigenvalue weighted by atomic mass is 35.5. The SMILES string of the molecule is O=C(CN1CC(C(F)(F)F)C1)Nc1cc(Cl)cc(Cl)c1. The summed E-state index contributed by atoms with van der Waals surface area (Å²) in [5.41, 5.74) is 0.417. The molecule has 110 valence electrons. The maximum Gasteiger partial charge on any atom is 0.394 e. The number of rotatable bonds is 3. The molecule has 1 aliphatic rings. The molecular formula is C12H11Cl2F3N2O. The lowest BCUT2D eigenvalue weighted by Gasteiger charge is -2.39. The third-order valence-corrected chi connectivity index (χ3v) is 3.37. The molecule has 0 aliphatic carbocycles. The minimum Gasteiger partial charge on any atom is -0.325 e. The maximum atomic E-state index is 12.3. The number of halogens is 5. The van der Waals surface area contributed by atoms with Crippen LogP contribution in [0, 0.1) is 5.92 Å². The van der Waals surface area contributed by atoms with Gasteiger partial charge in [0.1, 0.15) is 0 Å². The number of amides is 1. The highest BCUT2D eigenvalue weighted by molar-refractivity contribution is 6.35. The molecule has 0 atom stereocenters. The average molecular weight is 327 g/mol. The molecule has 1 aliphatic heterocycles. The van der Waals surface area contributed by atoms with Crippen molar-refractivity contribution in [1.82, 2.24) is 4.90 Å². The number of nitrogens with zero attached hydrogens (tertiary/aromatic N) is 1. The van der Waals surface area contributed by atoms with E-state index >= 15 is 0 Å². The Labute approximate surface area is 123 Å². The Bertz CT molecular complexity index is 496. The smallest absolute Gasteiger partial charge is 0.325 e. The minimum atomic E-state index is -4.19. The van der Waals surface area contributed by atoms with Crippen LogP contribution in [0.5, 0.6) is 0 Å². The van der Waals surface area contributed by atoms with Gasteiger partial charge in [-0.25, -0.2) is 0 Å². The molecule has 8 heteroatoms. The Hall–Kier alpha value is -0.980. The van der Waals surface area contributed by atoms with Gasteiger partial charge in [0.15, 0.2) is 0 Å². The van der Waals surface area contributed by atoms with Gasteiger partial charge in [0.05, 0.1) is 12.5 Å². The number of alkyl halides is 3. The van der Waals surface area contributed by atoms with Gasteiger partial charge in [-0.15, -0.1) is 0 Å². The second-order valence-electron chi connectivity index (χ2n) is 4.64. The topological polar surface area (TPSA) is 32.3 Å². The maximum absolute atomic E-state index is 12.3. The molecule has 1 N–H and O–H groups in total. The standard InChI is InChI=1S/C12H11Cl2F3N2O/c13-8-1-9(14)3-10(2-8)18-11(20)6-19-4-7(5-19)12(15,16)17/h1-3,7H,4-6H2,(H,18,20). The zero-order valence-electron chi connectivity index (χ0n) is 10.2. The van der Waals surface area contributed by atoms with Crippen molar-refractivity contribution in [3.8, 4) is 0 Å². The fraction of sp³-hybridized carbons (Fsp3) is 0.417. The van der Waals surface area contributed by atoms with E-state index in [0.717, 1.165) is 0 Å². The monoisotopic (exact) mass is 326 g/mol. The molecule has 20 heavy (non-hydrogen) atoms. The van der Waals surface area contributed by atoms with Gasteiger partial charge in [0.25, 0.3) is 0 Å². The summed E-state index contributed by atoms with van der Waals surface area (Å²) >= 11 is 11.6. The molecule has 1 aromatic rings. The van der Waals surface area contributed by atoms with Crippen LogP contribution in [0.25, 0.3) is 0 Å². The van der Waals surface area contributed by atoms with Gasteiger partial charge in [-0.2, -0.15) is 13.2 Å². The van der Waals surface area contributed by atoms with Crippen molar-refractivity contribution < 1.29 is 18.0 Å². The molecule has 1 heterocycles. The number of nitrogens with one attached hydrogen (secondary N) is 1. The van der Waals surface area contributed by atoms with E-state index in [1.165, 1.54) is 23.1 Å². The molecule has 0 aromatic heterocycles. The Balaban J connectivity index is 1.82. The van der Waals surface area contributed by atoms with Gasteiger partial charge >= 0.3 is 6.18 Å². The van der Waals surface area contributed by atoms with E-state index < -0.39 is 18.0 Å². The summed E-state index contributed by atoms with van der Waals surface area (Å²) in [6.45, 7) is -0.378. The molecule has 0 radical (unpaired) electrons. The van der Waals surface area contributed by atoms with Crippen LogP contribution < -0.4 is 5.32 Å². The molecule has 2 rings (SSSR count). The first-order valence-corrected chi connectivity index (χ1v) is 6.54. The Morgan fingerprint density at radius 1 is 1.25 bits per heavy atom. The second kappa shape index (κ2) is 5.79. The molecule has 1 aromatic carbocycles. The summed E-state index contributed by atoms with van der Waals surface area (Å²) in [5, 5.41) is 3.28. The van der Waals surface area contributed by atoms with Crippen LogP contribution in [-0.2, 0) is 4.79 Å². The van der Waals surface area contributed by atoms with E-state index in [0.29, 0.717) is 15.7 Å². The first-order chi connectivity index (χ1) is 9.24. The van der Waals surface area contributed by atoms with Crippen molar-refractivity contribution in [2.24, 2.45) is 5.92 Å². The Morgan fingerprint density at radius 2 is 1.80 bits per heavy atom. The van der Waals surface area contributed by atoms with Crippen LogP contribution in [0.1, 0.15) is 0 Å². The van der Waals surface area contributed by atoms with Crippen molar-refractivity contribution in [2.75, 3.05) is 25.0 Å². The normalized spacial score (nSPS) is 16.9. The summed E-state index contributed by atoms with van der Waals surface area (Å²) in [7, 11) is 0. The second-order valence-corrected chi connectivity index (χ2v) is 5.51. The van der Waals surface area contributed by atoms with Gasteiger partial charge in [-0.1, -0.05) is 23.2 Å². The summed E-state index contributed by atoms with van der Waals surface area (Å²) in [6, 6.07) is 4.54. The van der Waals surface area contributed by atoms with Crippen LogP contribution in [0.4, 0.5) is 18.9 Å². The fourth-order valence-corrected chi connectivity index (χ4v) is 2.46. The number of benzene rings is 1. The first-order valence-electron chi connectivity index (χ1n) is 5.79. The zero-order valence-corrected chi connectivity index (χ0v) is 11.7. The largest absolute Gasteiger partial charge is 0.394 e. The van der Waals surface area contributed by atoms with E-state index in [4.69, 9.17) is 23.2 Å². The van der Waals surface area contributed by atoms with Crippen LogP contribution >= 0.6 is 23.2 Å². The molecule has 0 unspecified atom stereocenters. The number of hydrogen-bond donors (Lipinski definition) is 1. The Morgan fingerprint density at radius 3 is 2.30 bits per heavy atom. The van der Waals surface area contributed by atoms with Crippen molar-refractivity contribution >= 4 is 34.8 Å². The zero-order chi connectivity index (χ0) is 14.9. The van der Waals surface area contributed by atoms with Gasteiger partial charge in [0, 0.05) is 28.8 Å². The summed E-state index contributed by atoms with van der Waals surface area (Å²) in [5.74, 6) is -1.74. The van der Waals surface area contributed by atoms with Crippen LogP contribution in [0.2, 0.25) is 10.0 Å². The fourth-order valence-electron chi connectivity index (χ4n) is 1.94. The molecule has 3 nitrogen and oxygen atoms in total. The van der Waals surface area contributed by atoms with E-state index in [2.05, 4.69) is 5.32 Å². The summed E-state index contributed by atoms with van der Waals surface area (Å²) < 4.78 is 36.9. The van der Waals surface area contributed by atoms with Crippen molar-refractivity contribution in [3.63, 3.8) is 0 Å². The highest BCUT2D eigenvalue weighted by Crippen LogP contribution is 2.33. The van der Waals surface area contributed by atoms with Crippen LogP contribution in [-0.4, -0.2) is 36.6 Å². The predicted molar refractivity (Wildman–Crippen MR) is 71.1 cm³/mol. The quantitative estimate of drug-likeness (QED) is 0.923. The van der Waals surface area contributed by atoms with E-state index in [1.807, 2.05) is 0 Å². The third kappa shape index (κ3) is 4.01. The summed E-state index contributed by atoms with van der Waals surface area (Å²) in [4.78, 5) is 13.1. The lowest BCUT2D eigenvalue weighted by Crippen LogP contribution is -2.55. The van der Waals surface area contributed by atoms with E-state index in [9.17, 15) is 18.0 Å². The average Bonchev–Trinajstić information content (AvgIpc) is 2.19. The Kier molecular flexibility index (Phi) is 4.46. The molecule has 0 bridgehead atoms. The summed E-state index contributed by atoms with van der Waals surface area (Å²) in [6.07, 6.45) is -4.19. The number of carbonyl (C=O) groups is 1.